The van der Waals surface area contributed by atoms with E-state index < -0.39 is 30.1 Å². The molecular formula is C16H22N2O5. The predicted molar refractivity (Wildman–Crippen MR) is 86.2 cm³/mol. The lowest BCUT2D eigenvalue weighted by Crippen LogP contribution is -2.32. The SMILES string of the molecule is CC/C(C)=C(\C(=O)NCC(=O)O)C(C)c1cc(N)c(O)c(O)c1. The number of benzene rings is 1. The van der Waals surface area contributed by atoms with Crippen molar-refractivity contribution in [2.45, 2.75) is 33.1 Å². The number of aromatic hydroxyl groups is 2. The zero-order valence-corrected chi connectivity index (χ0v) is 13.4. The zero-order chi connectivity index (χ0) is 17.7. The molecule has 1 amide bonds. The van der Waals surface area contributed by atoms with Crippen LogP contribution in [0.25, 0.3) is 0 Å². The van der Waals surface area contributed by atoms with Crippen LogP contribution < -0.4 is 11.1 Å². The number of nitrogen functional groups attached to an aromatic ring is 1. The highest BCUT2D eigenvalue weighted by Crippen LogP contribution is 2.37. The number of carbonyl (C=O) groups is 2. The molecule has 0 aliphatic rings. The molecule has 0 spiro atoms. The third kappa shape index (κ3) is 4.38. The first kappa shape index (κ1) is 18.3. The van der Waals surface area contributed by atoms with Gasteiger partial charge in [0.05, 0.1) is 5.69 Å². The van der Waals surface area contributed by atoms with Gasteiger partial charge in [0, 0.05) is 11.5 Å². The minimum atomic E-state index is -1.13. The van der Waals surface area contributed by atoms with Crippen LogP contribution in [-0.2, 0) is 9.59 Å². The molecule has 0 saturated carbocycles. The van der Waals surface area contributed by atoms with Crippen molar-refractivity contribution in [2.75, 3.05) is 12.3 Å². The first-order valence-electron chi connectivity index (χ1n) is 7.19. The number of nitrogens with two attached hydrogens (primary N) is 1. The highest BCUT2D eigenvalue weighted by molar-refractivity contribution is 5.97. The Morgan fingerprint density at radius 3 is 2.39 bits per heavy atom. The Hall–Kier alpha value is -2.70. The van der Waals surface area contributed by atoms with Crippen LogP contribution in [0.15, 0.2) is 23.3 Å². The summed E-state index contributed by atoms with van der Waals surface area (Å²) in [4.78, 5) is 22.9. The van der Waals surface area contributed by atoms with E-state index >= 15 is 0 Å². The number of hydrogen-bond acceptors (Lipinski definition) is 5. The molecule has 1 aromatic rings. The molecule has 0 fully saturated rings. The molecule has 7 heteroatoms. The average molecular weight is 322 g/mol. The number of anilines is 1. The summed E-state index contributed by atoms with van der Waals surface area (Å²) in [7, 11) is 0. The Balaban J connectivity index is 3.23. The van der Waals surface area contributed by atoms with Crippen molar-refractivity contribution < 1.29 is 24.9 Å². The van der Waals surface area contributed by atoms with E-state index in [0.29, 0.717) is 17.6 Å². The van der Waals surface area contributed by atoms with E-state index in [1.54, 1.807) is 13.8 Å². The Labute approximate surface area is 134 Å². The minimum absolute atomic E-state index is 0.00583. The summed E-state index contributed by atoms with van der Waals surface area (Å²) >= 11 is 0. The summed E-state index contributed by atoms with van der Waals surface area (Å²) in [5.74, 6) is -2.82. The normalized spacial score (nSPS) is 13.2. The van der Waals surface area contributed by atoms with Gasteiger partial charge in [-0.15, -0.1) is 0 Å². The van der Waals surface area contributed by atoms with Crippen LogP contribution in [0.1, 0.15) is 38.7 Å². The first-order valence-corrected chi connectivity index (χ1v) is 7.19. The van der Waals surface area contributed by atoms with E-state index in [0.717, 1.165) is 5.57 Å². The molecule has 6 N–H and O–H groups in total. The summed E-state index contributed by atoms with van der Waals surface area (Å²) in [6, 6.07) is 2.82. The Bertz CT molecular complexity index is 629. The fourth-order valence-electron chi connectivity index (χ4n) is 2.28. The number of phenolic OH excluding ortho intramolecular Hbond substituents is 2. The van der Waals surface area contributed by atoms with Gasteiger partial charge in [0.15, 0.2) is 11.5 Å². The fourth-order valence-corrected chi connectivity index (χ4v) is 2.28. The van der Waals surface area contributed by atoms with Crippen LogP contribution in [0.3, 0.4) is 0 Å². The molecule has 7 nitrogen and oxygen atoms in total. The predicted octanol–water partition coefficient (Wildman–Crippen LogP) is 1.71. The molecule has 0 aromatic heterocycles. The van der Waals surface area contributed by atoms with Crippen LogP contribution in [0.2, 0.25) is 0 Å². The summed E-state index contributed by atoms with van der Waals surface area (Å²) < 4.78 is 0. The zero-order valence-electron chi connectivity index (χ0n) is 13.4. The van der Waals surface area contributed by atoms with Crippen molar-refractivity contribution in [3.63, 3.8) is 0 Å². The van der Waals surface area contributed by atoms with Gasteiger partial charge in [-0.05, 0) is 31.0 Å². The average Bonchev–Trinajstić information content (AvgIpc) is 2.49. The van der Waals surface area contributed by atoms with Crippen molar-refractivity contribution in [3.8, 4) is 11.5 Å². The summed E-state index contributed by atoms with van der Waals surface area (Å²) in [6.45, 7) is 4.94. The van der Waals surface area contributed by atoms with Crippen molar-refractivity contribution in [2.24, 2.45) is 0 Å². The van der Waals surface area contributed by atoms with Crippen LogP contribution in [0.5, 0.6) is 11.5 Å². The molecule has 0 bridgehead atoms. The quantitative estimate of drug-likeness (QED) is 0.307. The van der Waals surface area contributed by atoms with Gasteiger partial charge in [0.25, 0.3) is 0 Å². The molecule has 0 saturated heterocycles. The number of carboxylic acids is 1. The molecular weight excluding hydrogens is 300 g/mol. The van der Waals surface area contributed by atoms with Crippen LogP contribution in [-0.4, -0.2) is 33.7 Å². The number of allylic oxidation sites excluding steroid dienone is 1. The second-order valence-electron chi connectivity index (χ2n) is 5.32. The lowest BCUT2D eigenvalue weighted by atomic mass is 9.88. The number of aliphatic carboxylic acids is 1. The summed E-state index contributed by atoms with van der Waals surface area (Å²) in [5, 5.41) is 30.3. The number of nitrogens with one attached hydrogen (secondary N) is 1. The van der Waals surface area contributed by atoms with E-state index in [2.05, 4.69) is 5.32 Å². The molecule has 0 aliphatic carbocycles. The largest absolute Gasteiger partial charge is 0.504 e. The van der Waals surface area contributed by atoms with Gasteiger partial charge >= 0.3 is 5.97 Å². The van der Waals surface area contributed by atoms with E-state index in [1.165, 1.54) is 12.1 Å². The maximum absolute atomic E-state index is 12.3. The van der Waals surface area contributed by atoms with Gasteiger partial charge in [-0.25, -0.2) is 0 Å². The number of amides is 1. The number of carboxylic acid groups (broad SMARTS) is 1. The third-order valence-electron chi connectivity index (χ3n) is 3.71. The van der Waals surface area contributed by atoms with E-state index in [4.69, 9.17) is 10.8 Å². The molecule has 1 unspecified atom stereocenters. The van der Waals surface area contributed by atoms with Gasteiger partial charge in [-0.2, -0.15) is 0 Å². The van der Waals surface area contributed by atoms with E-state index in [1.807, 2.05) is 6.92 Å². The summed E-state index contributed by atoms with van der Waals surface area (Å²) in [6.07, 6.45) is 0.611. The Kier molecular flexibility index (Phi) is 6.01. The molecule has 1 atom stereocenters. The Morgan fingerprint density at radius 2 is 1.91 bits per heavy atom. The van der Waals surface area contributed by atoms with Gasteiger partial charge < -0.3 is 26.4 Å². The third-order valence-corrected chi connectivity index (χ3v) is 3.71. The van der Waals surface area contributed by atoms with Crippen molar-refractivity contribution >= 4 is 17.6 Å². The molecule has 126 valence electrons. The molecule has 23 heavy (non-hydrogen) atoms. The molecule has 1 rings (SSSR count). The maximum atomic E-state index is 12.3. The molecule has 1 aromatic carbocycles. The van der Waals surface area contributed by atoms with Crippen LogP contribution >= 0.6 is 0 Å². The molecule has 0 aliphatic heterocycles. The Morgan fingerprint density at radius 1 is 1.30 bits per heavy atom. The second-order valence-corrected chi connectivity index (χ2v) is 5.32. The topological polar surface area (TPSA) is 133 Å². The van der Waals surface area contributed by atoms with Gasteiger partial charge in [0.1, 0.15) is 6.54 Å². The van der Waals surface area contributed by atoms with Crippen molar-refractivity contribution in [3.05, 3.63) is 28.8 Å². The number of rotatable bonds is 6. The van der Waals surface area contributed by atoms with Gasteiger partial charge in [0.2, 0.25) is 5.91 Å². The maximum Gasteiger partial charge on any atom is 0.322 e. The van der Waals surface area contributed by atoms with Gasteiger partial charge in [-0.1, -0.05) is 19.4 Å². The van der Waals surface area contributed by atoms with Crippen molar-refractivity contribution in [1.29, 1.82) is 0 Å². The standard InChI is InChI=1S/C16H22N2O5/c1-4-8(2)14(16(23)18-7-13(20)21)9(3)10-5-11(17)15(22)12(19)6-10/h5-6,9,19,22H,4,7,17H2,1-3H3,(H,18,23)(H,20,21)/b14-8-. The highest BCUT2D eigenvalue weighted by atomic mass is 16.4. The summed E-state index contributed by atoms with van der Waals surface area (Å²) in [5.41, 5.74) is 7.40. The van der Waals surface area contributed by atoms with Crippen LogP contribution in [0, 0.1) is 0 Å². The molecule has 0 heterocycles. The second kappa shape index (κ2) is 7.53. The number of hydrogen-bond donors (Lipinski definition) is 5. The van der Waals surface area contributed by atoms with Crippen LogP contribution in [0.4, 0.5) is 5.69 Å². The smallest absolute Gasteiger partial charge is 0.322 e. The van der Waals surface area contributed by atoms with E-state index in [9.17, 15) is 19.8 Å². The van der Waals surface area contributed by atoms with E-state index in [-0.39, 0.29) is 11.4 Å². The number of carbonyl (C=O) groups excluding carboxylic acids is 1. The molecule has 0 radical (unpaired) electrons. The number of phenols is 2. The lowest BCUT2D eigenvalue weighted by molar-refractivity contribution is -0.137. The first-order chi connectivity index (χ1) is 10.7. The lowest BCUT2D eigenvalue weighted by Gasteiger charge is -2.20. The monoisotopic (exact) mass is 322 g/mol. The van der Waals surface area contributed by atoms with Crippen molar-refractivity contribution in [1.82, 2.24) is 5.32 Å². The minimum Gasteiger partial charge on any atom is -0.504 e. The highest BCUT2D eigenvalue weighted by Gasteiger charge is 2.23. The van der Waals surface area contributed by atoms with Gasteiger partial charge in [-0.3, -0.25) is 9.59 Å². The fraction of sp³-hybridized carbons (Fsp3) is 0.375.